The summed E-state index contributed by atoms with van der Waals surface area (Å²) >= 11 is 0. The van der Waals surface area contributed by atoms with Gasteiger partial charge in [-0.3, -0.25) is 14.5 Å². The number of furan rings is 1. The Bertz CT molecular complexity index is 922. The van der Waals surface area contributed by atoms with Crippen molar-refractivity contribution in [1.29, 1.82) is 0 Å². The molecule has 8 heteroatoms. The predicted molar refractivity (Wildman–Crippen MR) is 130 cm³/mol. The van der Waals surface area contributed by atoms with Gasteiger partial charge in [-0.15, -0.1) is 0 Å². The molecule has 2 aliphatic rings. The van der Waals surface area contributed by atoms with Crippen molar-refractivity contribution in [2.75, 3.05) is 45.9 Å². The van der Waals surface area contributed by atoms with Crippen molar-refractivity contribution in [1.82, 2.24) is 14.7 Å². The second kappa shape index (κ2) is 12.8. The van der Waals surface area contributed by atoms with Crippen molar-refractivity contribution < 1.29 is 23.1 Å². The van der Waals surface area contributed by atoms with E-state index in [1.54, 1.807) is 34.3 Å². The molecule has 1 aliphatic heterocycles. The first-order valence-electron chi connectivity index (χ1n) is 12.7. The molecule has 0 radical (unpaired) electrons. The largest absolute Gasteiger partial charge is 0.467 e. The number of ether oxygens (including phenoxy) is 1. The third kappa shape index (κ3) is 7.64. The second-order valence-electron chi connectivity index (χ2n) is 9.50. The van der Waals surface area contributed by atoms with E-state index >= 15 is 0 Å². The molecule has 7 nitrogen and oxygen atoms in total. The average molecular weight is 486 g/mol. The maximum Gasteiger partial charge on any atom is 0.242 e. The SMILES string of the molecule is O=C(CN(CCN1CCOCC1)C(=O)C1CCCCC1)N(Cc1ccc(F)cc1)Cc1ccco1. The van der Waals surface area contributed by atoms with Gasteiger partial charge >= 0.3 is 0 Å². The quantitative estimate of drug-likeness (QED) is 0.514. The maximum atomic E-state index is 13.6. The topological polar surface area (TPSA) is 66.2 Å². The third-order valence-electron chi connectivity index (χ3n) is 6.95. The second-order valence-corrected chi connectivity index (χ2v) is 9.50. The van der Waals surface area contributed by atoms with Crippen molar-refractivity contribution in [3.63, 3.8) is 0 Å². The summed E-state index contributed by atoms with van der Waals surface area (Å²) in [5.74, 6) is 0.295. The highest BCUT2D eigenvalue weighted by Gasteiger charge is 2.29. The van der Waals surface area contributed by atoms with E-state index in [-0.39, 0.29) is 36.6 Å². The van der Waals surface area contributed by atoms with E-state index in [0.29, 0.717) is 32.1 Å². The molecule has 0 spiro atoms. The zero-order chi connectivity index (χ0) is 24.5. The minimum atomic E-state index is -0.315. The first kappa shape index (κ1) is 25.4. The minimum Gasteiger partial charge on any atom is -0.467 e. The average Bonchev–Trinajstić information content (AvgIpc) is 3.41. The summed E-state index contributed by atoms with van der Waals surface area (Å²) in [6, 6.07) is 9.77. The summed E-state index contributed by atoms with van der Waals surface area (Å²) in [5.41, 5.74) is 0.824. The van der Waals surface area contributed by atoms with Crippen molar-refractivity contribution in [3.8, 4) is 0 Å². The molecule has 1 aromatic heterocycles. The molecule has 4 rings (SSSR count). The van der Waals surface area contributed by atoms with Crippen LogP contribution >= 0.6 is 0 Å². The van der Waals surface area contributed by atoms with E-state index in [0.717, 1.165) is 50.9 Å². The number of carbonyl (C=O) groups is 2. The van der Waals surface area contributed by atoms with Crippen LogP contribution < -0.4 is 0 Å². The van der Waals surface area contributed by atoms with E-state index in [4.69, 9.17) is 9.15 Å². The summed E-state index contributed by atoms with van der Waals surface area (Å²) in [4.78, 5) is 32.8. The van der Waals surface area contributed by atoms with E-state index < -0.39 is 0 Å². The van der Waals surface area contributed by atoms with Gasteiger partial charge in [0.2, 0.25) is 11.8 Å². The number of hydrogen-bond acceptors (Lipinski definition) is 5. The Morgan fingerprint density at radius 3 is 2.40 bits per heavy atom. The Morgan fingerprint density at radius 2 is 1.71 bits per heavy atom. The summed E-state index contributed by atoms with van der Waals surface area (Å²) < 4.78 is 24.3. The monoisotopic (exact) mass is 485 g/mol. The van der Waals surface area contributed by atoms with Crippen LogP contribution in [0.4, 0.5) is 4.39 Å². The molecular weight excluding hydrogens is 449 g/mol. The van der Waals surface area contributed by atoms with Gasteiger partial charge in [0, 0.05) is 38.6 Å². The lowest BCUT2D eigenvalue weighted by Crippen LogP contribution is -2.48. The molecule has 190 valence electrons. The van der Waals surface area contributed by atoms with Gasteiger partial charge in [0.1, 0.15) is 11.6 Å². The first-order chi connectivity index (χ1) is 17.1. The molecular formula is C27H36FN3O4. The minimum absolute atomic E-state index is 0.00291. The number of rotatable bonds is 10. The molecule has 2 aromatic rings. The number of nitrogens with zero attached hydrogens (tertiary/aromatic N) is 3. The third-order valence-corrected chi connectivity index (χ3v) is 6.95. The zero-order valence-corrected chi connectivity index (χ0v) is 20.4. The molecule has 1 aromatic carbocycles. The Morgan fingerprint density at radius 1 is 0.971 bits per heavy atom. The molecule has 2 heterocycles. The van der Waals surface area contributed by atoms with E-state index in [1.165, 1.54) is 18.6 Å². The standard InChI is InChI=1S/C27H36FN3O4/c28-24-10-8-22(9-11-24)19-31(20-25-7-4-16-35-25)26(32)21-30(13-12-29-14-17-34-18-15-29)27(33)23-5-2-1-3-6-23/h4,7-11,16,23H,1-3,5-6,12-15,17-21H2. The highest BCUT2D eigenvalue weighted by Crippen LogP contribution is 2.25. The van der Waals surface area contributed by atoms with Crippen LogP contribution in [0.2, 0.25) is 0 Å². The van der Waals surface area contributed by atoms with Crippen molar-refractivity contribution in [3.05, 3.63) is 59.8 Å². The Kier molecular flexibility index (Phi) is 9.31. The van der Waals surface area contributed by atoms with Gasteiger partial charge in [-0.1, -0.05) is 31.4 Å². The highest BCUT2D eigenvalue weighted by molar-refractivity contribution is 5.86. The fourth-order valence-corrected chi connectivity index (χ4v) is 4.86. The number of halogens is 1. The van der Waals surface area contributed by atoms with Gasteiger partial charge in [-0.05, 0) is 42.7 Å². The Hall–Kier alpha value is -2.71. The molecule has 0 N–H and O–H groups in total. The number of carbonyl (C=O) groups excluding carboxylic acids is 2. The van der Waals surface area contributed by atoms with Gasteiger partial charge in [0.05, 0.1) is 32.6 Å². The van der Waals surface area contributed by atoms with E-state index in [9.17, 15) is 14.0 Å². The molecule has 35 heavy (non-hydrogen) atoms. The summed E-state index contributed by atoms with van der Waals surface area (Å²) in [7, 11) is 0. The van der Waals surface area contributed by atoms with Crippen LogP contribution in [-0.4, -0.2) is 72.5 Å². The summed E-state index contributed by atoms with van der Waals surface area (Å²) in [5, 5.41) is 0. The van der Waals surface area contributed by atoms with Gasteiger partial charge in [-0.25, -0.2) is 4.39 Å². The highest BCUT2D eigenvalue weighted by atomic mass is 19.1. The number of morpholine rings is 1. The summed E-state index contributed by atoms with van der Waals surface area (Å²) in [6.07, 6.45) is 6.68. The molecule has 2 amide bonds. The fraction of sp³-hybridized carbons (Fsp3) is 0.556. The fourth-order valence-electron chi connectivity index (χ4n) is 4.86. The zero-order valence-electron chi connectivity index (χ0n) is 20.4. The first-order valence-corrected chi connectivity index (χ1v) is 12.7. The van der Waals surface area contributed by atoms with E-state index in [1.807, 2.05) is 6.07 Å². The molecule has 0 bridgehead atoms. The van der Waals surface area contributed by atoms with Gasteiger partial charge < -0.3 is 19.0 Å². The van der Waals surface area contributed by atoms with Crippen LogP contribution in [0.15, 0.2) is 47.1 Å². The van der Waals surface area contributed by atoms with Gasteiger partial charge in [0.15, 0.2) is 0 Å². The normalized spacial score (nSPS) is 17.3. The lowest BCUT2D eigenvalue weighted by molar-refractivity contribution is -0.144. The lowest BCUT2D eigenvalue weighted by atomic mass is 9.88. The van der Waals surface area contributed by atoms with Gasteiger partial charge in [-0.2, -0.15) is 0 Å². The molecule has 0 atom stereocenters. The number of benzene rings is 1. The van der Waals surface area contributed by atoms with Gasteiger partial charge in [0.25, 0.3) is 0 Å². The summed E-state index contributed by atoms with van der Waals surface area (Å²) in [6.45, 7) is 4.96. The van der Waals surface area contributed by atoms with Crippen LogP contribution in [0.5, 0.6) is 0 Å². The van der Waals surface area contributed by atoms with Crippen molar-refractivity contribution in [2.45, 2.75) is 45.2 Å². The Balaban J connectivity index is 1.46. The van der Waals surface area contributed by atoms with Crippen LogP contribution in [0, 0.1) is 11.7 Å². The van der Waals surface area contributed by atoms with Crippen LogP contribution in [0.25, 0.3) is 0 Å². The lowest BCUT2D eigenvalue weighted by Gasteiger charge is -2.33. The van der Waals surface area contributed by atoms with Crippen LogP contribution in [0.1, 0.15) is 43.4 Å². The maximum absolute atomic E-state index is 13.6. The molecule has 0 unspecified atom stereocenters. The molecule has 2 fully saturated rings. The van der Waals surface area contributed by atoms with Crippen LogP contribution in [0.3, 0.4) is 0 Å². The van der Waals surface area contributed by atoms with Crippen molar-refractivity contribution >= 4 is 11.8 Å². The van der Waals surface area contributed by atoms with Crippen LogP contribution in [-0.2, 0) is 27.4 Å². The van der Waals surface area contributed by atoms with E-state index in [2.05, 4.69) is 4.90 Å². The molecule has 1 saturated heterocycles. The molecule has 1 aliphatic carbocycles. The number of hydrogen-bond donors (Lipinski definition) is 0. The predicted octanol–water partition coefficient (Wildman–Crippen LogP) is 3.69. The Labute approximate surface area is 206 Å². The van der Waals surface area contributed by atoms with Crippen molar-refractivity contribution in [2.24, 2.45) is 5.92 Å². The molecule has 1 saturated carbocycles. The number of amides is 2. The smallest absolute Gasteiger partial charge is 0.242 e.